The first kappa shape index (κ1) is 15.9. The van der Waals surface area contributed by atoms with Crippen molar-refractivity contribution in [3.8, 4) is 5.75 Å². The van der Waals surface area contributed by atoms with Crippen molar-refractivity contribution in [1.29, 1.82) is 0 Å². The molecule has 8 heteroatoms. The number of hydrogen-bond acceptors (Lipinski definition) is 7. The van der Waals surface area contributed by atoms with Crippen molar-refractivity contribution < 1.29 is 14.2 Å². The summed E-state index contributed by atoms with van der Waals surface area (Å²) >= 11 is 0. The molecular formula is C17H20N4O4. The average Bonchev–Trinajstić information content (AvgIpc) is 3.38. The predicted octanol–water partition coefficient (Wildman–Crippen LogP) is 3.25. The summed E-state index contributed by atoms with van der Waals surface area (Å²) in [5.41, 5.74) is 0.924. The van der Waals surface area contributed by atoms with Gasteiger partial charge < -0.3 is 14.2 Å². The number of nitro benzene ring substituents is 1. The van der Waals surface area contributed by atoms with E-state index in [1.54, 1.807) is 12.1 Å². The van der Waals surface area contributed by atoms with Gasteiger partial charge in [0, 0.05) is 42.7 Å². The van der Waals surface area contributed by atoms with Crippen LogP contribution in [0.1, 0.15) is 49.2 Å². The Labute approximate surface area is 144 Å². The van der Waals surface area contributed by atoms with Crippen LogP contribution in [0.25, 0.3) is 0 Å². The standard InChI is InChI=1S/C17H20N4O4/c1-24-15-10-13(4-5-14(15)21(22)23)20-8-6-11(7-9-20)16-18-17(25-19-16)12-2-3-12/h4-5,10-12H,2-3,6-9H2,1H3. The molecule has 1 saturated heterocycles. The van der Waals surface area contributed by atoms with Crippen LogP contribution in [0.5, 0.6) is 5.75 Å². The molecule has 0 radical (unpaired) electrons. The Bertz CT molecular complexity index is 779. The van der Waals surface area contributed by atoms with Crippen LogP contribution in [0.3, 0.4) is 0 Å². The third-order valence-electron chi connectivity index (χ3n) is 4.97. The largest absolute Gasteiger partial charge is 0.490 e. The molecule has 1 aromatic carbocycles. The fourth-order valence-corrected chi connectivity index (χ4v) is 3.32. The monoisotopic (exact) mass is 344 g/mol. The highest BCUT2D eigenvalue weighted by Crippen LogP contribution is 2.40. The molecule has 2 aromatic rings. The summed E-state index contributed by atoms with van der Waals surface area (Å²) in [4.78, 5) is 17.4. The molecule has 0 atom stereocenters. The smallest absolute Gasteiger partial charge is 0.311 e. The number of methoxy groups -OCH3 is 1. The van der Waals surface area contributed by atoms with Gasteiger partial charge in [0.05, 0.1) is 12.0 Å². The maximum Gasteiger partial charge on any atom is 0.311 e. The highest BCUT2D eigenvalue weighted by molar-refractivity contribution is 5.59. The minimum atomic E-state index is -0.428. The second-order valence-corrected chi connectivity index (χ2v) is 6.64. The van der Waals surface area contributed by atoms with Gasteiger partial charge in [0.2, 0.25) is 5.89 Å². The summed E-state index contributed by atoms with van der Waals surface area (Å²) in [6, 6.07) is 5.01. The molecule has 0 spiro atoms. The second-order valence-electron chi connectivity index (χ2n) is 6.64. The van der Waals surface area contributed by atoms with Crippen molar-refractivity contribution in [3.05, 3.63) is 40.0 Å². The molecule has 2 heterocycles. The van der Waals surface area contributed by atoms with Crippen LogP contribution in [0, 0.1) is 10.1 Å². The van der Waals surface area contributed by atoms with Gasteiger partial charge in [0.15, 0.2) is 11.6 Å². The van der Waals surface area contributed by atoms with Gasteiger partial charge >= 0.3 is 5.69 Å². The molecule has 1 aromatic heterocycles. The zero-order valence-corrected chi connectivity index (χ0v) is 14.1. The maximum absolute atomic E-state index is 11.0. The van der Waals surface area contributed by atoms with Crippen molar-refractivity contribution in [2.45, 2.75) is 37.5 Å². The van der Waals surface area contributed by atoms with Gasteiger partial charge in [-0.2, -0.15) is 4.98 Å². The number of nitro groups is 1. The molecule has 2 fully saturated rings. The van der Waals surface area contributed by atoms with Gasteiger partial charge in [0.25, 0.3) is 0 Å². The number of nitrogens with zero attached hydrogens (tertiary/aromatic N) is 4. The fourth-order valence-electron chi connectivity index (χ4n) is 3.32. The molecule has 1 aliphatic carbocycles. The molecule has 0 unspecified atom stereocenters. The third-order valence-corrected chi connectivity index (χ3v) is 4.97. The Balaban J connectivity index is 1.43. The lowest BCUT2D eigenvalue weighted by Gasteiger charge is -2.32. The summed E-state index contributed by atoms with van der Waals surface area (Å²) in [7, 11) is 1.45. The van der Waals surface area contributed by atoms with E-state index in [0.29, 0.717) is 11.8 Å². The highest BCUT2D eigenvalue weighted by Gasteiger charge is 2.32. The Morgan fingerprint density at radius 1 is 1.24 bits per heavy atom. The second kappa shape index (κ2) is 6.34. The summed E-state index contributed by atoms with van der Waals surface area (Å²) in [6.45, 7) is 1.69. The van der Waals surface area contributed by atoms with Crippen molar-refractivity contribution in [2.24, 2.45) is 0 Å². The van der Waals surface area contributed by atoms with E-state index in [0.717, 1.165) is 56.2 Å². The fraction of sp³-hybridized carbons (Fsp3) is 0.529. The maximum atomic E-state index is 11.0. The van der Waals surface area contributed by atoms with Crippen molar-refractivity contribution in [3.63, 3.8) is 0 Å². The van der Waals surface area contributed by atoms with Gasteiger partial charge in [-0.3, -0.25) is 10.1 Å². The number of ether oxygens (including phenoxy) is 1. The first-order chi connectivity index (χ1) is 12.2. The number of benzene rings is 1. The molecule has 1 aliphatic heterocycles. The number of anilines is 1. The Morgan fingerprint density at radius 3 is 2.64 bits per heavy atom. The molecule has 0 bridgehead atoms. The van der Waals surface area contributed by atoms with E-state index < -0.39 is 4.92 Å². The van der Waals surface area contributed by atoms with Gasteiger partial charge in [-0.15, -0.1) is 0 Å². The van der Waals surface area contributed by atoms with Crippen LogP contribution in [-0.4, -0.2) is 35.3 Å². The number of aromatic nitrogens is 2. The van der Waals surface area contributed by atoms with Gasteiger partial charge in [-0.1, -0.05) is 5.16 Å². The highest BCUT2D eigenvalue weighted by atomic mass is 16.6. The lowest BCUT2D eigenvalue weighted by atomic mass is 9.95. The van der Waals surface area contributed by atoms with Crippen molar-refractivity contribution in [2.75, 3.05) is 25.1 Å². The van der Waals surface area contributed by atoms with Gasteiger partial charge in [-0.25, -0.2) is 0 Å². The normalized spacial score (nSPS) is 18.4. The van der Waals surface area contributed by atoms with E-state index >= 15 is 0 Å². The number of piperidine rings is 1. The molecule has 0 N–H and O–H groups in total. The zero-order chi connectivity index (χ0) is 17.4. The number of hydrogen-bond donors (Lipinski definition) is 0. The first-order valence-electron chi connectivity index (χ1n) is 8.56. The van der Waals surface area contributed by atoms with E-state index in [2.05, 4.69) is 15.0 Å². The molecule has 8 nitrogen and oxygen atoms in total. The predicted molar refractivity (Wildman–Crippen MR) is 90.1 cm³/mol. The first-order valence-corrected chi connectivity index (χ1v) is 8.56. The van der Waals surface area contributed by atoms with Crippen LogP contribution in [0.4, 0.5) is 11.4 Å². The molecule has 2 aliphatic rings. The Hall–Kier alpha value is -2.64. The average molecular weight is 344 g/mol. The third kappa shape index (κ3) is 3.16. The topological polar surface area (TPSA) is 94.5 Å². The SMILES string of the molecule is COc1cc(N2CCC(c3noc(C4CC4)n3)CC2)ccc1[N+](=O)[O-]. The van der Waals surface area contributed by atoms with E-state index in [1.165, 1.54) is 13.2 Å². The van der Waals surface area contributed by atoms with Gasteiger partial charge in [-0.05, 0) is 31.7 Å². The molecule has 25 heavy (non-hydrogen) atoms. The lowest BCUT2D eigenvalue weighted by molar-refractivity contribution is -0.385. The van der Waals surface area contributed by atoms with E-state index in [-0.39, 0.29) is 11.4 Å². The molecule has 1 saturated carbocycles. The summed E-state index contributed by atoms with van der Waals surface area (Å²) in [6.07, 6.45) is 4.18. The van der Waals surface area contributed by atoms with Crippen LogP contribution >= 0.6 is 0 Å². The van der Waals surface area contributed by atoms with Crippen LogP contribution in [-0.2, 0) is 0 Å². The van der Waals surface area contributed by atoms with Gasteiger partial charge in [0.1, 0.15) is 0 Å². The summed E-state index contributed by atoms with van der Waals surface area (Å²) in [5.74, 6) is 2.69. The molecular weight excluding hydrogens is 324 g/mol. The van der Waals surface area contributed by atoms with Crippen LogP contribution < -0.4 is 9.64 Å². The molecule has 132 valence electrons. The van der Waals surface area contributed by atoms with E-state index in [4.69, 9.17) is 9.26 Å². The Kier molecular flexibility index (Phi) is 4.03. The van der Waals surface area contributed by atoms with Crippen molar-refractivity contribution in [1.82, 2.24) is 10.1 Å². The van der Waals surface area contributed by atoms with E-state index in [1.807, 2.05) is 0 Å². The zero-order valence-electron chi connectivity index (χ0n) is 14.1. The lowest BCUT2D eigenvalue weighted by Crippen LogP contribution is -2.33. The molecule has 4 rings (SSSR count). The minimum absolute atomic E-state index is 0.0134. The van der Waals surface area contributed by atoms with Crippen LogP contribution in [0.2, 0.25) is 0 Å². The Morgan fingerprint density at radius 2 is 2.00 bits per heavy atom. The number of rotatable bonds is 5. The molecule has 0 amide bonds. The summed E-state index contributed by atoms with van der Waals surface area (Å²) < 4.78 is 10.5. The summed E-state index contributed by atoms with van der Waals surface area (Å²) in [5, 5.41) is 15.2. The van der Waals surface area contributed by atoms with Crippen molar-refractivity contribution >= 4 is 11.4 Å². The van der Waals surface area contributed by atoms with Crippen LogP contribution in [0.15, 0.2) is 22.7 Å². The van der Waals surface area contributed by atoms with E-state index in [9.17, 15) is 10.1 Å². The quantitative estimate of drug-likeness (QED) is 0.607. The minimum Gasteiger partial charge on any atom is -0.490 e.